The highest BCUT2D eigenvalue weighted by atomic mass is 16.5. The van der Waals surface area contributed by atoms with Gasteiger partial charge in [0.05, 0.1) is 0 Å². The highest BCUT2D eigenvalue weighted by Crippen LogP contribution is 2.68. The van der Waals surface area contributed by atoms with Gasteiger partial charge in [-0.1, -0.05) is 33.3 Å². The van der Waals surface area contributed by atoms with Crippen molar-refractivity contribution in [1.29, 1.82) is 0 Å². The molecular weight excluding hydrogens is 394 g/mol. The summed E-state index contributed by atoms with van der Waals surface area (Å²) in [6, 6.07) is 0. The van der Waals surface area contributed by atoms with Gasteiger partial charge in [-0.2, -0.15) is 0 Å². The highest BCUT2D eigenvalue weighted by molar-refractivity contribution is 5.66. The summed E-state index contributed by atoms with van der Waals surface area (Å²) in [5, 5.41) is 0. The molecule has 0 heterocycles. The van der Waals surface area contributed by atoms with Crippen LogP contribution in [-0.4, -0.2) is 17.6 Å². The Balaban J connectivity index is 0.000000775. The highest BCUT2D eigenvalue weighted by Gasteiger charge is 2.62. The van der Waals surface area contributed by atoms with Crippen molar-refractivity contribution in [3.63, 3.8) is 0 Å². The summed E-state index contributed by atoms with van der Waals surface area (Å²) in [5.74, 6) is 5.00. The number of ether oxygens (including phenoxy) is 1. The van der Waals surface area contributed by atoms with Gasteiger partial charge in [-0.15, -0.1) is 6.58 Å². The monoisotopic (exact) mass is 443 g/mol. The van der Waals surface area contributed by atoms with E-state index in [1.807, 2.05) is 6.92 Å². The van der Waals surface area contributed by atoms with Crippen LogP contribution in [0.25, 0.3) is 0 Å². The fourth-order valence-electron chi connectivity index (χ4n) is 10.1. The molecular formula is C29H49NO2. The predicted molar refractivity (Wildman–Crippen MR) is 132 cm³/mol. The second-order valence-corrected chi connectivity index (χ2v) is 12.9. The standard InChI is InChI=1S/C26H43NO2.C3H6/c1-16(28)29-23-12-14-25(4)20-9-7-19-17(11-15-26(27)13-5-6-21(19)26)18(20)8-10-22(25)24(23,2)3;1-3-2/h17-23H,5-15,27H2,1-4H3;3H,1H2,2H3. The first kappa shape index (κ1) is 24.3. The lowest BCUT2D eigenvalue weighted by Gasteiger charge is -2.65. The first-order valence-corrected chi connectivity index (χ1v) is 13.6. The van der Waals surface area contributed by atoms with Gasteiger partial charge >= 0.3 is 5.97 Å². The van der Waals surface area contributed by atoms with E-state index < -0.39 is 0 Å². The van der Waals surface area contributed by atoms with Gasteiger partial charge in [0.15, 0.2) is 0 Å². The smallest absolute Gasteiger partial charge is 0.302 e. The third-order valence-electron chi connectivity index (χ3n) is 11.2. The summed E-state index contributed by atoms with van der Waals surface area (Å²) in [5.41, 5.74) is 7.61. The lowest BCUT2D eigenvalue weighted by molar-refractivity contribution is -0.195. The molecule has 5 fully saturated rings. The van der Waals surface area contributed by atoms with E-state index in [1.54, 1.807) is 13.0 Å². The Kier molecular flexibility index (Phi) is 6.64. The Morgan fingerprint density at radius 2 is 1.56 bits per heavy atom. The van der Waals surface area contributed by atoms with E-state index in [4.69, 9.17) is 10.5 Å². The summed E-state index contributed by atoms with van der Waals surface area (Å²) in [4.78, 5) is 11.7. The lowest BCUT2D eigenvalue weighted by Crippen LogP contribution is -2.61. The number of nitrogens with two attached hydrogens (primary N) is 1. The minimum Gasteiger partial charge on any atom is -0.462 e. The van der Waals surface area contributed by atoms with Crippen molar-refractivity contribution < 1.29 is 9.53 Å². The zero-order valence-corrected chi connectivity index (χ0v) is 21.5. The molecule has 0 aromatic heterocycles. The molecule has 2 N–H and O–H groups in total. The lowest BCUT2D eigenvalue weighted by atomic mass is 9.41. The van der Waals surface area contributed by atoms with Gasteiger partial charge in [-0.05, 0) is 112 Å². The zero-order chi connectivity index (χ0) is 23.3. The van der Waals surface area contributed by atoms with E-state index in [1.165, 1.54) is 64.2 Å². The minimum absolute atomic E-state index is 0.0882. The Morgan fingerprint density at radius 1 is 0.906 bits per heavy atom. The minimum atomic E-state index is -0.107. The third-order valence-corrected chi connectivity index (χ3v) is 11.2. The molecule has 5 rings (SSSR count). The Hall–Kier alpha value is -0.830. The first-order chi connectivity index (χ1) is 15.1. The number of carbonyl (C=O) groups excluding carboxylic acids is 1. The van der Waals surface area contributed by atoms with Gasteiger partial charge in [-0.25, -0.2) is 0 Å². The van der Waals surface area contributed by atoms with Crippen LogP contribution in [0.3, 0.4) is 0 Å². The third kappa shape index (κ3) is 3.79. The quantitative estimate of drug-likeness (QED) is 0.354. The molecule has 0 saturated heterocycles. The summed E-state index contributed by atoms with van der Waals surface area (Å²) in [6.45, 7) is 14.2. The van der Waals surface area contributed by atoms with Crippen LogP contribution in [0.2, 0.25) is 0 Å². The molecule has 182 valence electrons. The van der Waals surface area contributed by atoms with E-state index >= 15 is 0 Å². The predicted octanol–water partition coefficient (Wildman–Crippen LogP) is 6.90. The number of esters is 1. The molecule has 0 aromatic rings. The van der Waals surface area contributed by atoms with Crippen LogP contribution in [-0.2, 0) is 9.53 Å². The van der Waals surface area contributed by atoms with E-state index in [0.717, 1.165) is 36.0 Å². The van der Waals surface area contributed by atoms with Crippen LogP contribution in [0.1, 0.15) is 105 Å². The molecule has 0 spiro atoms. The van der Waals surface area contributed by atoms with Crippen molar-refractivity contribution in [2.75, 3.05) is 0 Å². The Morgan fingerprint density at radius 3 is 2.25 bits per heavy atom. The molecule has 0 radical (unpaired) electrons. The Bertz CT molecular complexity index is 716. The van der Waals surface area contributed by atoms with Gasteiger partial charge < -0.3 is 10.5 Å². The number of allylic oxidation sites excluding steroid dienone is 1. The van der Waals surface area contributed by atoms with E-state index in [2.05, 4.69) is 27.4 Å². The van der Waals surface area contributed by atoms with Crippen LogP contribution in [0.5, 0.6) is 0 Å². The normalized spacial score (nSPS) is 48.6. The van der Waals surface area contributed by atoms with Gasteiger partial charge in [0, 0.05) is 17.9 Å². The van der Waals surface area contributed by atoms with E-state index in [0.29, 0.717) is 11.3 Å². The number of hydrogen-bond donors (Lipinski definition) is 1. The second-order valence-electron chi connectivity index (χ2n) is 12.9. The molecule has 5 saturated carbocycles. The maximum Gasteiger partial charge on any atom is 0.302 e. The zero-order valence-electron chi connectivity index (χ0n) is 21.5. The molecule has 0 aromatic carbocycles. The van der Waals surface area contributed by atoms with Crippen LogP contribution in [0.15, 0.2) is 12.7 Å². The van der Waals surface area contributed by atoms with Crippen molar-refractivity contribution in [2.24, 2.45) is 52.1 Å². The SMILES string of the molecule is C=CC.CC(=O)OC1CCC2(C)C3CCC4C(CCC5(N)CCCC45)C3CCC2C1(C)C. The number of carbonyl (C=O) groups is 1. The second kappa shape index (κ2) is 8.75. The van der Waals surface area contributed by atoms with Gasteiger partial charge in [0.1, 0.15) is 6.10 Å². The maximum atomic E-state index is 11.7. The molecule has 3 nitrogen and oxygen atoms in total. The number of hydrogen-bond acceptors (Lipinski definition) is 3. The molecule has 32 heavy (non-hydrogen) atoms. The van der Waals surface area contributed by atoms with Crippen molar-refractivity contribution in [1.82, 2.24) is 0 Å². The Labute approximate surface area is 197 Å². The van der Waals surface area contributed by atoms with Crippen LogP contribution >= 0.6 is 0 Å². The molecule has 5 aliphatic rings. The summed E-state index contributed by atoms with van der Waals surface area (Å²) >= 11 is 0. The number of fused-ring (bicyclic) bond motifs is 7. The van der Waals surface area contributed by atoms with E-state index in [9.17, 15) is 4.79 Å². The molecule has 5 aliphatic carbocycles. The fraction of sp³-hybridized carbons (Fsp3) is 0.897. The molecule has 0 bridgehead atoms. The van der Waals surface area contributed by atoms with Crippen molar-refractivity contribution in [3.8, 4) is 0 Å². The van der Waals surface area contributed by atoms with Crippen LogP contribution in [0.4, 0.5) is 0 Å². The maximum absolute atomic E-state index is 11.7. The fourth-order valence-corrected chi connectivity index (χ4v) is 10.1. The van der Waals surface area contributed by atoms with Gasteiger partial charge in [0.2, 0.25) is 0 Å². The van der Waals surface area contributed by atoms with Crippen LogP contribution in [0, 0.1) is 46.3 Å². The topological polar surface area (TPSA) is 52.3 Å². The van der Waals surface area contributed by atoms with E-state index in [-0.39, 0.29) is 23.0 Å². The van der Waals surface area contributed by atoms with Crippen LogP contribution < -0.4 is 5.73 Å². The number of rotatable bonds is 1. The van der Waals surface area contributed by atoms with Gasteiger partial charge in [-0.3, -0.25) is 4.79 Å². The average molecular weight is 444 g/mol. The largest absolute Gasteiger partial charge is 0.462 e. The van der Waals surface area contributed by atoms with Crippen molar-refractivity contribution in [3.05, 3.63) is 12.7 Å². The van der Waals surface area contributed by atoms with Gasteiger partial charge in [0.25, 0.3) is 0 Å². The summed E-state index contributed by atoms with van der Waals surface area (Å²) < 4.78 is 5.83. The van der Waals surface area contributed by atoms with Crippen molar-refractivity contribution >= 4 is 5.97 Å². The average Bonchev–Trinajstić information content (AvgIpc) is 3.12. The van der Waals surface area contributed by atoms with Crippen molar-refractivity contribution in [2.45, 2.75) is 117 Å². The molecule has 3 heteroatoms. The molecule has 0 aliphatic heterocycles. The molecule has 9 atom stereocenters. The summed E-state index contributed by atoms with van der Waals surface area (Å²) in [7, 11) is 0. The molecule has 0 amide bonds. The summed E-state index contributed by atoms with van der Waals surface area (Å²) in [6.07, 6.45) is 16.4. The molecule has 9 unspecified atom stereocenters. The first-order valence-electron chi connectivity index (χ1n) is 13.6.